The summed E-state index contributed by atoms with van der Waals surface area (Å²) in [7, 11) is 0.934. The molecule has 166 valence electrons. The molecule has 0 radical (unpaired) electrons. The van der Waals surface area contributed by atoms with Gasteiger partial charge in [-0.2, -0.15) is 39.5 Å². The average Bonchev–Trinajstić information content (AvgIpc) is 3.44. The first-order valence-electron chi connectivity index (χ1n) is 7.92. The first-order valence-corrected chi connectivity index (χ1v) is 7.92. The third-order valence-electron chi connectivity index (χ3n) is 3.95. The highest BCUT2D eigenvalue weighted by molar-refractivity contribution is 5.01. The molecule has 28 heavy (non-hydrogen) atoms. The van der Waals surface area contributed by atoms with Gasteiger partial charge in [0.1, 0.15) is 18.3 Å². The minimum atomic E-state index is -6.97. The predicted octanol–water partition coefficient (Wildman–Crippen LogP) is 3.02. The molecule has 2 rings (SSSR count). The number of alkyl halides is 9. The van der Waals surface area contributed by atoms with Crippen molar-refractivity contribution < 1.29 is 63.2 Å². The van der Waals surface area contributed by atoms with Crippen LogP contribution in [0.3, 0.4) is 0 Å². The summed E-state index contributed by atoms with van der Waals surface area (Å²) in [6.07, 6.45) is -13.9. The van der Waals surface area contributed by atoms with Crippen LogP contribution in [0.2, 0.25) is 0 Å². The monoisotopic (exact) mass is 436 g/mol. The first kappa shape index (κ1) is 23.4. The Kier molecular flexibility index (Phi) is 6.81. The first-order chi connectivity index (χ1) is 12.7. The Labute approximate surface area is 153 Å². The third kappa shape index (κ3) is 5.20. The molecule has 0 aromatic heterocycles. The maximum atomic E-state index is 13.9. The van der Waals surface area contributed by atoms with Crippen molar-refractivity contribution in [2.75, 3.05) is 33.5 Å². The highest BCUT2D eigenvalue weighted by Gasteiger charge is 2.81. The van der Waals surface area contributed by atoms with E-state index in [1.54, 1.807) is 0 Å². The van der Waals surface area contributed by atoms with Gasteiger partial charge in [-0.05, 0) is 0 Å². The van der Waals surface area contributed by atoms with Gasteiger partial charge in [-0.15, -0.1) is 0 Å². The summed E-state index contributed by atoms with van der Waals surface area (Å²) in [6, 6.07) is 0. The maximum absolute atomic E-state index is 13.9. The van der Waals surface area contributed by atoms with Crippen LogP contribution in [0.15, 0.2) is 0 Å². The van der Waals surface area contributed by atoms with Crippen LogP contribution in [-0.2, 0) is 23.7 Å². The van der Waals surface area contributed by atoms with Crippen molar-refractivity contribution in [3.8, 4) is 0 Å². The van der Waals surface area contributed by atoms with Crippen molar-refractivity contribution in [2.45, 2.75) is 55.0 Å². The smallest absolute Gasteiger partial charge is 0.371 e. The van der Waals surface area contributed by atoms with E-state index in [2.05, 4.69) is 0 Å². The van der Waals surface area contributed by atoms with E-state index in [9.17, 15) is 39.5 Å². The average molecular weight is 436 g/mol. The van der Waals surface area contributed by atoms with Crippen molar-refractivity contribution in [1.82, 2.24) is 0 Å². The number of methoxy groups -OCH3 is 1. The molecule has 0 amide bonds. The highest BCUT2D eigenvalue weighted by atomic mass is 19.4. The molecule has 2 aliphatic rings. The number of epoxide rings is 2. The number of rotatable bonds is 12. The SMILES string of the molecule is COC(OCC1CO1)C(CC(F)(F)C(F)(F)C(F)(F)C(F)(F)F)OCC1CO1. The highest BCUT2D eigenvalue weighted by Crippen LogP contribution is 2.54. The number of ether oxygens (including phenoxy) is 5. The molecule has 4 unspecified atom stereocenters. The molecular formula is C14H17F9O5. The summed E-state index contributed by atoms with van der Waals surface area (Å²) in [4.78, 5) is 0. The molecule has 2 fully saturated rings. The zero-order valence-corrected chi connectivity index (χ0v) is 14.3. The van der Waals surface area contributed by atoms with E-state index in [0.29, 0.717) is 0 Å². The van der Waals surface area contributed by atoms with Crippen LogP contribution in [0.4, 0.5) is 39.5 Å². The lowest BCUT2D eigenvalue weighted by molar-refractivity contribution is -0.400. The molecule has 5 nitrogen and oxygen atoms in total. The van der Waals surface area contributed by atoms with Crippen LogP contribution in [0.1, 0.15) is 6.42 Å². The van der Waals surface area contributed by atoms with Crippen LogP contribution in [0.25, 0.3) is 0 Å². The van der Waals surface area contributed by atoms with E-state index in [1.807, 2.05) is 0 Å². The Bertz CT molecular complexity index is 520. The van der Waals surface area contributed by atoms with Crippen LogP contribution in [-0.4, -0.2) is 82.1 Å². The standard InChI is InChI=1S/C14H17F9O5/c1-24-10(28-6-8-4-26-8)9(27-5-7-3-25-7)2-11(15,16)12(17,18)13(19,20)14(21,22)23/h7-10H,2-6H2,1H3. The summed E-state index contributed by atoms with van der Waals surface area (Å²) >= 11 is 0. The fourth-order valence-corrected chi connectivity index (χ4v) is 2.11. The van der Waals surface area contributed by atoms with Gasteiger partial charge in [0, 0.05) is 13.5 Å². The lowest BCUT2D eigenvalue weighted by atomic mass is 9.98. The molecule has 0 aromatic carbocycles. The zero-order valence-electron chi connectivity index (χ0n) is 14.3. The van der Waals surface area contributed by atoms with Gasteiger partial charge in [0.05, 0.1) is 26.4 Å². The van der Waals surface area contributed by atoms with E-state index in [0.717, 1.165) is 7.11 Å². The van der Waals surface area contributed by atoms with Crippen molar-refractivity contribution in [3.63, 3.8) is 0 Å². The van der Waals surface area contributed by atoms with Gasteiger partial charge in [0.2, 0.25) is 0 Å². The van der Waals surface area contributed by atoms with E-state index in [-0.39, 0.29) is 19.8 Å². The van der Waals surface area contributed by atoms with Crippen molar-refractivity contribution in [3.05, 3.63) is 0 Å². The molecule has 4 atom stereocenters. The second kappa shape index (κ2) is 8.13. The lowest BCUT2D eigenvalue weighted by Gasteiger charge is -2.36. The normalized spacial score (nSPS) is 25.5. The number of halogens is 9. The Morgan fingerprint density at radius 3 is 1.68 bits per heavy atom. The fraction of sp³-hybridized carbons (Fsp3) is 1.00. The van der Waals surface area contributed by atoms with Gasteiger partial charge in [0.25, 0.3) is 0 Å². The molecule has 2 aliphatic heterocycles. The third-order valence-corrected chi connectivity index (χ3v) is 3.95. The minimum absolute atomic E-state index is 0.180. The molecular weight excluding hydrogens is 419 g/mol. The van der Waals surface area contributed by atoms with Gasteiger partial charge in [-0.25, -0.2) is 0 Å². The van der Waals surface area contributed by atoms with Crippen LogP contribution >= 0.6 is 0 Å². The summed E-state index contributed by atoms with van der Waals surface area (Å²) in [5.41, 5.74) is 0. The summed E-state index contributed by atoms with van der Waals surface area (Å²) < 4.78 is 142. The molecule has 0 bridgehead atoms. The molecule has 0 saturated carbocycles. The van der Waals surface area contributed by atoms with Crippen molar-refractivity contribution >= 4 is 0 Å². The van der Waals surface area contributed by atoms with Gasteiger partial charge in [-0.1, -0.05) is 0 Å². The second-order valence-electron chi connectivity index (χ2n) is 6.28. The predicted molar refractivity (Wildman–Crippen MR) is 71.5 cm³/mol. The van der Waals surface area contributed by atoms with Crippen LogP contribution in [0, 0.1) is 0 Å². The molecule has 0 N–H and O–H groups in total. The van der Waals surface area contributed by atoms with Crippen molar-refractivity contribution in [1.29, 1.82) is 0 Å². The van der Waals surface area contributed by atoms with E-state index in [4.69, 9.17) is 23.7 Å². The number of hydrogen-bond acceptors (Lipinski definition) is 5. The van der Waals surface area contributed by atoms with E-state index in [1.165, 1.54) is 0 Å². The minimum Gasteiger partial charge on any atom is -0.371 e. The van der Waals surface area contributed by atoms with E-state index >= 15 is 0 Å². The Hall–Kier alpha value is -0.830. The Morgan fingerprint density at radius 1 is 0.821 bits per heavy atom. The Balaban J connectivity index is 2.15. The fourth-order valence-electron chi connectivity index (χ4n) is 2.11. The summed E-state index contributed by atoms with van der Waals surface area (Å²) in [6.45, 7) is -0.145. The number of hydrogen-bond donors (Lipinski definition) is 0. The van der Waals surface area contributed by atoms with Crippen LogP contribution in [0.5, 0.6) is 0 Å². The molecule has 14 heteroatoms. The molecule has 0 aromatic rings. The molecule has 2 saturated heterocycles. The Morgan fingerprint density at radius 2 is 1.29 bits per heavy atom. The topological polar surface area (TPSA) is 52.8 Å². The summed E-state index contributed by atoms with van der Waals surface area (Å²) in [5, 5.41) is 0. The van der Waals surface area contributed by atoms with Gasteiger partial charge >= 0.3 is 23.9 Å². The molecule has 2 heterocycles. The summed E-state index contributed by atoms with van der Waals surface area (Å²) in [5.74, 6) is -19.5. The van der Waals surface area contributed by atoms with Crippen LogP contribution < -0.4 is 0 Å². The van der Waals surface area contributed by atoms with Gasteiger partial charge in [0.15, 0.2) is 6.29 Å². The molecule has 0 aliphatic carbocycles. The quantitative estimate of drug-likeness (QED) is 0.268. The van der Waals surface area contributed by atoms with Crippen molar-refractivity contribution in [2.24, 2.45) is 0 Å². The van der Waals surface area contributed by atoms with Gasteiger partial charge in [-0.3, -0.25) is 0 Å². The largest absolute Gasteiger partial charge is 0.460 e. The molecule has 0 spiro atoms. The second-order valence-corrected chi connectivity index (χ2v) is 6.28. The van der Waals surface area contributed by atoms with Gasteiger partial charge < -0.3 is 23.7 Å². The van der Waals surface area contributed by atoms with E-state index < -0.39 is 61.6 Å². The zero-order chi connectivity index (χ0) is 21.4. The lowest BCUT2D eigenvalue weighted by Crippen LogP contribution is -2.62. The maximum Gasteiger partial charge on any atom is 0.460 e.